The van der Waals surface area contributed by atoms with E-state index in [-0.39, 0.29) is 5.54 Å². The zero-order valence-corrected chi connectivity index (χ0v) is 14.3. The van der Waals surface area contributed by atoms with Crippen LogP contribution in [0.15, 0.2) is 4.99 Å². The fourth-order valence-corrected chi connectivity index (χ4v) is 2.41. The number of methoxy groups -OCH3 is 1. The van der Waals surface area contributed by atoms with Crippen LogP contribution in [0.4, 0.5) is 0 Å². The first-order valence-electron chi connectivity index (χ1n) is 7.42. The lowest BCUT2D eigenvalue weighted by Gasteiger charge is -2.62. The SMILES string of the molecule is CN=C(NCCN(C)CCOC)N1CC(C)(C)C1(C)C. The Morgan fingerprint density at radius 3 is 2.40 bits per heavy atom. The minimum absolute atomic E-state index is 0.150. The van der Waals surface area contributed by atoms with Crippen molar-refractivity contribution in [1.29, 1.82) is 0 Å². The summed E-state index contributed by atoms with van der Waals surface area (Å²) in [7, 11) is 5.71. The number of hydrogen-bond donors (Lipinski definition) is 1. The first kappa shape index (κ1) is 17.2. The monoisotopic (exact) mass is 284 g/mol. The second-order valence-corrected chi connectivity index (χ2v) is 6.80. The van der Waals surface area contributed by atoms with Gasteiger partial charge >= 0.3 is 0 Å². The number of likely N-dealkylation sites (tertiary alicyclic amines) is 1. The molecule has 5 nitrogen and oxygen atoms in total. The van der Waals surface area contributed by atoms with Crippen molar-refractivity contribution in [2.75, 3.05) is 54.0 Å². The molecule has 0 radical (unpaired) electrons. The van der Waals surface area contributed by atoms with Crippen molar-refractivity contribution < 1.29 is 4.74 Å². The number of nitrogens with one attached hydrogen (secondary N) is 1. The molecule has 0 spiro atoms. The van der Waals surface area contributed by atoms with Crippen LogP contribution in [0.25, 0.3) is 0 Å². The predicted octanol–water partition coefficient (Wildman–Crippen LogP) is 1.26. The zero-order chi connectivity index (χ0) is 15.4. The van der Waals surface area contributed by atoms with Crippen molar-refractivity contribution in [2.24, 2.45) is 10.4 Å². The Hall–Kier alpha value is -0.810. The average Bonchev–Trinajstić information content (AvgIpc) is 2.39. The van der Waals surface area contributed by atoms with Crippen molar-refractivity contribution in [3.8, 4) is 0 Å². The van der Waals surface area contributed by atoms with Crippen LogP contribution in [0.1, 0.15) is 27.7 Å². The molecule has 0 bridgehead atoms. The van der Waals surface area contributed by atoms with Gasteiger partial charge in [-0.05, 0) is 20.9 Å². The first-order chi connectivity index (χ1) is 9.26. The van der Waals surface area contributed by atoms with Crippen molar-refractivity contribution in [3.63, 3.8) is 0 Å². The number of aliphatic imine (C=N–C) groups is 1. The summed E-state index contributed by atoms with van der Waals surface area (Å²) in [5.41, 5.74) is 0.483. The van der Waals surface area contributed by atoms with Gasteiger partial charge in [-0.15, -0.1) is 0 Å². The van der Waals surface area contributed by atoms with Crippen LogP contribution >= 0.6 is 0 Å². The molecule has 5 heteroatoms. The van der Waals surface area contributed by atoms with Gasteiger partial charge in [0, 0.05) is 51.3 Å². The molecule has 0 unspecified atom stereocenters. The molecular formula is C15H32N4O. The quantitative estimate of drug-likeness (QED) is 0.589. The predicted molar refractivity (Wildman–Crippen MR) is 85.3 cm³/mol. The van der Waals surface area contributed by atoms with E-state index in [9.17, 15) is 0 Å². The highest BCUT2D eigenvalue weighted by atomic mass is 16.5. The molecule has 1 aliphatic rings. The van der Waals surface area contributed by atoms with Crippen LogP contribution < -0.4 is 5.32 Å². The Morgan fingerprint density at radius 1 is 1.30 bits per heavy atom. The highest BCUT2D eigenvalue weighted by Gasteiger charge is 2.53. The molecule has 1 saturated heterocycles. The summed E-state index contributed by atoms with van der Waals surface area (Å²) in [5.74, 6) is 1.01. The van der Waals surface area contributed by atoms with Gasteiger partial charge in [0.1, 0.15) is 0 Å². The summed E-state index contributed by atoms with van der Waals surface area (Å²) in [6.45, 7) is 13.9. The van der Waals surface area contributed by atoms with E-state index in [4.69, 9.17) is 4.74 Å². The Balaban J connectivity index is 2.39. The fourth-order valence-electron chi connectivity index (χ4n) is 2.41. The van der Waals surface area contributed by atoms with Gasteiger partial charge in [0.15, 0.2) is 5.96 Å². The molecule has 1 heterocycles. The van der Waals surface area contributed by atoms with Crippen molar-refractivity contribution >= 4 is 5.96 Å². The maximum Gasteiger partial charge on any atom is 0.194 e. The van der Waals surface area contributed by atoms with E-state index in [1.807, 2.05) is 7.05 Å². The van der Waals surface area contributed by atoms with Gasteiger partial charge < -0.3 is 19.9 Å². The highest BCUT2D eigenvalue weighted by molar-refractivity contribution is 5.82. The minimum Gasteiger partial charge on any atom is -0.383 e. The number of likely N-dealkylation sites (N-methyl/N-ethyl adjacent to an activating group) is 1. The molecule has 0 amide bonds. The van der Waals surface area contributed by atoms with Crippen LogP contribution in [0, 0.1) is 5.41 Å². The van der Waals surface area contributed by atoms with Gasteiger partial charge in [-0.1, -0.05) is 13.8 Å². The molecule has 1 fully saturated rings. The van der Waals surface area contributed by atoms with Crippen LogP contribution in [0.2, 0.25) is 0 Å². The molecule has 0 aliphatic carbocycles. The van der Waals surface area contributed by atoms with E-state index in [0.29, 0.717) is 5.41 Å². The number of nitrogens with zero attached hydrogens (tertiary/aromatic N) is 3. The minimum atomic E-state index is 0.150. The molecule has 0 aromatic rings. The Bertz CT molecular complexity index is 339. The number of guanidine groups is 1. The van der Waals surface area contributed by atoms with Gasteiger partial charge in [-0.25, -0.2) is 0 Å². The molecule has 1 aliphatic heterocycles. The van der Waals surface area contributed by atoms with Crippen LogP contribution in [-0.2, 0) is 4.74 Å². The number of rotatable bonds is 6. The lowest BCUT2D eigenvalue weighted by molar-refractivity contribution is -0.0667. The molecule has 1 N–H and O–H groups in total. The summed E-state index contributed by atoms with van der Waals surface area (Å²) < 4.78 is 5.08. The van der Waals surface area contributed by atoms with Crippen LogP contribution in [-0.4, -0.2) is 75.3 Å². The topological polar surface area (TPSA) is 40.1 Å². The number of hydrogen-bond acceptors (Lipinski definition) is 3. The average molecular weight is 284 g/mol. The van der Waals surface area contributed by atoms with Crippen LogP contribution in [0.5, 0.6) is 0 Å². The van der Waals surface area contributed by atoms with E-state index >= 15 is 0 Å². The molecule has 0 atom stereocenters. The lowest BCUT2D eigenvalue weighted by Crippen LogP contribution is -2.72. The summed E-state index contributed by atoms with van der Waals surface area (Å²) in [6, 6.07) is 0. The van der Waals surface area contributed by atoms with Crippen molar-refractivity contribution in [1.82, 2.24) is 15.1 Å². The standard InChI is InChI=1S/C15H32N4O/c1-14(2)12-19(15(14,3)4)13(16-5)17-8-9-18(6)10-11-20-7/h8-12H2,1-7H3,(H,16,17). The van der Waals surface area contributed by atoms with Gasteiger partial charge in [0.2, 0.25) is 0 Å². The van der Waals surface area contributed by atoms with Gasteiger partial charge in [-0.2, -0.15) is 0 Å². The summed E-state index contributed by atoms with van der Waals surface area (Å²) >= 11 is 0. The molecule has 20 heavy (non-hydrogen) atoms. The van der Waals surface area contributed by atoms with Gasteiger partial charge in [-0.3, -0.25) is 4.99 Å². The largest absolute Gasteiger partial charge is 0.383 e. The zero-order valence-electron chi connectivity index (χ0n) is 14.3. The maximum atomic E-state index is 5.08. The molecule has 0 aromatic heterocycles. The fraction of sp³-hybridized carbons (Fsp3) is 0.933. The molecular weight excluding hydrogens is 252 g/mol. The van der Waals surface area contributed by atoms with E-state index in [1.54, 1.807) is 7.11 Å². The van der Waals surface area contributed by atoms with E-state index in [2.05, 4.69) is 54.9 Å². The van der Waals surface area contributed by atoms with E-state index < -0.39 is 0 Å². The van der Waals surface area contributed by atoms with Gasteiger partial charge in [0.25, 0.3) is 0 Å². The van der Waals surface area contributed by atoms with Gasteiger partial charge in [0.05, 0.1) is 6.61 Å². The third-order valence-electron chi connectivity index (χ3n) is 4.81. The van der Waals surface area contributed by atoms with Crippen molar-refractivity contribution in [2.45, 2.75) is 33.2 Å². The smallest absolute Gasteiger partial charge is 0.194 e. The summed E-state index contributed by atoms with van der Waals surface area (Å²) in [6.07, 6.45) is 0. The lowest BCUT2D eigenvalue weighted by atomic mass is 9.65. The summed E-state index contributed by atoms with van der Waals surface area (Å²) in [4.78, 5) is 9.04. The van der Waals surface area contributed by atoms with Crippen LogP contribution in [0.3, 0.4) is 0 Å². The third-order valence-corrected chi connectivity index (χ3v) is 4.81. The van der Waals surface area contributed by atoms with E-state index in [1.165, 1.54) is 0 Å². The second kappa shape index (κ2) is 6.76. The Labute approximate surface area is 124 Å². The Morgan fingerprint density at radius 2 is 1.95 bits per heavy atom. The molecule has 1 rings (SSSR count). The normalized spacial score (nSPS) is 21.0. The number of ether oxygens (including phenoxy) is 1. The van der Waals surface area contributed by atoms with E-state index in [0.717, 1.165) is 38.7 Å². The molecule has 0 saturated carbocycles. The molecule has 0 aromatic carbocycles. The first-order valence-corrected chi connectivity index (χ1v) is 7.42. The maximum absolute atomic E-state index is 5.08. The Kier molecular flexibility index (Phi) is 5.83. The molecule has 118 valence electrons. The third kappa shape index (κ3) is 3.64. The highest BCUT2D eigenvalue weighted by Crippen LogP contribution is 2.46. The second-order valence-electron chi connectivity index (χ2n) is 6.80. The summed E-state index contributed by atoms with van der Waals surface area (Å²) in [5, 5.41) is 3.47. The van der Waals surface area contributed by atoms with Crippen molar-refractivity contribution in [3.05, 3.63) is 0 Å².